The van der Waals surface area contributed by atoms with E-state index >= 15 is 0 Å². The molecule has 0 saturated heterocycles. The smallest absolute Gasteiger partial charge is 0.262 e. The van der Waals surface area contributed by atoms with Crippen LogP contribution < -0.4 is 4.72 Å². The van der Waals surface area contributed by atoms with E-state index in [-0.39, 0.29) is 16.2 Å². The average molecular weight is 331 g/mol. The minimum atomic E-state index is -3.80. The van der Waals surface area contributed by atoms with E-state index in [4.69, 9.17) is 0 Å². The van der Waals surface area contributed by atoms with Crippen LogP contribution in [0.4, 0.5) is 5.69 Å². The number of Topliss-reactive ketones (excluding diaryl/α,β-unsaturated/α-hetero) is 1. The zero-order chi connectivity index (χ0) is 16.9. The molecule has 0 saturated carbocycles. The van der Waals surface area contributed by atoms with Crippen molar-refractivity contribution < 1.29 is 13.2 Å². The molecule has 0 unspecified atom stereocenters. The van der Waals surface area contributed by atoms with Gasteiger partial charge in [-0.1, -0.05) is 49.2 Å². The number of carbonyl (C=O) groups excluding carboxylic acids is 1. The first kappa shape index (κ1) is 17.2. The quantitative estimate of drug-likeness (QED) is 0.775. The molecular weight excluding hydrogens is 310 g/mol. The zero-order valence-electron chi connectivity index (χ0n) is 13.4. The van der Waals surface area contributed by atoms with Crippen LogP contribution in [0.5, 0.6) is 0 Å². The third kappa shape index (κ3) is 4.42. The molecule has 0 bridgehead atoms. The van der Waals surface area contributed by atoms with Crippen molar-refractivity contribution in [1.29, 1.82) is 0 Å². The summed E-state index contributed by atoms with van der Waals surface area (Å²) in [6, 6.07) is 13.4. The van der Waals surface area contributed by atoms with Crippen molar-refractivity contribution in [1.82, 2.24) is 0 Å². The van der Waals surface area contributed by atoms with Gasteiger partial charge in [0.25, 0.3) is 10.0 Å². The molecule has 0 aromatic heterocycles. The van der Waals surface area contributed by atoms with Crippen LogP contribution in [0.2, 0.25) is 0 Å². The molecule has 1 N–H and O–H groups in total. The van der Waals surface area contributed by atoms with Crippen molar-refractivity contribution in [3.05, 3.63) is 59.7 Å². The van der Waals surface area contributed by atoms with Gasteiger partial charge in [0.15, 0.2) is 5.78 Å². The molecule has 4 nitrogen and oxygen atoms in total. The van der Waals surface area contributed by atoms with Crippen LogP contribution >= 0.6 is 0 Å². The normalized spacial score (nSPS) is 11.2. The summed E-state index contributed by atoms with van der Waals surface area (Å²) in [5.74, 6) is -0.142. The number of aryl methyl sites for hydroxylation is 1. The van der Waals surface area contributed by atoms with Crippen molar-refractivity contribution >= 4 is 21.5 Å². The number of anilines is 1. The highest BCUT2D eigenvalue weighted by Gasteiger charge is 2.21. The van der Waals surface area contributed by atoms with Gasteiger partial charge in [0.05, 0.1) is 4.90 Å². The molecule has 2 rings (SSSR count). The van der Waals surface area contributed by atoms with Gasteiger partial charge in [-0.3, -0.25) is 9.52 Å². The number of hydrogen-bond donors (Lipinski definition) is 1. The minimum Gasteiger partial charge on any atom is -0.294 e. The molecule has 0 spiro atoms. The van der Waals surface area contributed by atoms with Crippen molar-refractivity contribution in [3.63, 3.8) is 0 Å². The molecular formula is C18H21NO3S. The van der Waals surface area contributed by atoms with Crippen LogP contribution in [0.15, 0.2) is 53.4 Å². The first-order valence-corrected chi connectivity index (χ1v) is 9.14. The van der Waals surface area contributed by atoms with Gasteiger partial charge in [-0.25, -0.2) is 8.42 Å². The molecule has 0 amide bonds. The average Bonchev–Trinajstić information content (AvgIpc) is 2.54. The van der Waals surface area contributed by atoms with E-state index in [0.29, 0.717) is 12.1 Å². The van der Waals surface area contributed by atoms with Crippen LogP contribution in [0, 0.1) is 6.92 Å². The van der Waals surface area contributed by atoms with Crippen LogP contribution in [0.1, 0.15) is 42.1 Å². The van der Waals surface area contributed by atoms with E-state index in [0.717, 1.165) is 18.4 Å². The summed E-state index contributed by atoms with van der Waals surface area (Å²) in [6.07, 6.45) is 1.99. The summed E-state index contributed by atoms with van der Waals surface area (Å²) in [6.45, 7) is 3.93. The first-order chi connectivity index (χ1) is 10.9. The highest BCUT2D eigenvalue weighted by molar-refractivity contribution is 7.92. The van der Waals surface area contributed by atoms with E-state index in [1.54, 1.807) is 30.3 Å². The molecule has 0 heterocycles. The largest absolute Gasteiger partial charge is 0.294 e. The number of benzene rings is 2. The first-order valence-electron chi connectivity index (χ1n) is 7.66. The van der Waals surface area contributed by atoms with Crippen molar-refractivity contribution in [2.75, 3.05) is 4.72 Å². The van der Waals surface area contributed by atoms with Crippen molar-refractivity contribution in [3.8, 4) is 0 Å². The molecule has 0 radical (unpaired) electrons. The fourth-order valence-corrected chi connectivity index (χ4v) is 3.52. The Morgan fingerprint density at radius 1 is 1.04 bits per heavy atom. The Hall–Kier alpha value is -2.14. The molecule has 122 valence electrons. The Balaban J connectivity index is 2.32. The third-order valence-corrected chi connectivity index (χ3v) is 4.98. The monoisotopic (exact) mass is 331 g/mol. The van der Waals surface area contributed by atoms with Crippen LogP contribution in [-0.4, -0.2) is 14.2 Å². The second kappa shape index (κ2) is 7.42. The van der Waals surface area contributed by atoms with Gasteiger partial charge in [-0.15, -0.1) is 0 Å². The molecule has 0 aliphatic rings. The topological polar surface area (TPSA) is 63.2 Å². The summed E-state index contributed by atoms with van der Waals surface area (Å²) in [7, 11) is -3.80. The van der Waals surface area contributed by atoms with Gasteiger partial charge in [0.2, 0.25) is 0 Å². The van der Waals surface area contributed by atoms with E-state index in [1.165, 1.54) is 6.07 Å². The number of hydrogen-bond acceptors (Lipinski definition) is 3. The predicted molar refractivity (Wildman–Crippen MR) is 92.3 cm³/mol. The van der Waals surface area contributed by atoms with Crippen LogP contribution in [-0.2, 0) is 10.0 Å². The molecule has 0 fully saturated rings. The molecule has 0 aliphatic carbocycles. The van der Waals surface area contributed by atoms with Crippen LogP contribution in [0.3, 0.4) is 0 Å². The summed E-state index contributed by atoms with van der Waals surface area (Å²) in [5, 5.41) is 0. The van der Waals surface area contributed by atoms with Gasteiger partial charge in [-0.05, 0) is 31.5 Å². The fourth-order valence-electron chi connectivity index (χ4n) is 2.24. The maximum atomic E-state index is 12.6. The van der Waals surface area contributed by atoms with Gasteiger partial charge in [0, 0.05) is 17.7 Å². The summed E-state index contributed by atoms with van der Waals surface area (Å²) in [5.41, 5.74) is 1.77. The molecule has 2 aromatic rings. The van der Waals surface area contributed by atoms with Gasteiger partial charge in [-0.2, -0.15) is 0 Å². The summed E-state index contributed by atoms with van der Waals surface area (Å²) >= 11 is 0. The lowest BCUT2D eigenvalue weighted by atomic mass is 10.1. The van der Waals surface area contributed by atoms with Crippen molar-refractivity contribution in [2.45, 2.75) is 38.0 Å². The van der Waals surface area contributed by atoms with E-state index in [9.17, 15) is 13.2 Å². The van der Waals surface area contributed by atoms with E-state index < -0.39 is 10.0 Å². The molecule has 23 heavy (non-hydrogen) atoms. The molecule has 5 heteroatoms. The van der Waals surface area contributed by atoms with E-state index in [2.05, 4.69) is 4.72 Å². The fraction of sp³-hybridized carbons (Fsp3) is 0.278. The second-order valence-electron chi connectivity index (χ2n) is 5.49. The van der Waals surface area contributed by atoms with E-state index in [1.807, 2.05) is 26.0 Å². The Morgan fingerprint density at radius 2 is 1.70 bits per heavy atom. The molecule has 0 atom stereocenters. The Kier molecular flexibility index (Phi) is 5.55. The summed E-state index contributed by atoms with van der Waals surface area (Å²) in [4.78, 5) is 12.3. The standard InChI is InChI=1S/C18H21NO3S/c1-3-4-8-17(20)16-7-5-6-9-18(16)23(21,22)19-15-12-10-14(2)11-13-15/h5-7,9-13,19H,3-4,8H2,1-2H3. The number of rotatable bonds is 7. The van der Waals surface area contributed by atoms with Crippen LogP contribution in [0.25, 0.3) is 0 Å². The number of carbonyl (C=O) groups is 1. The van der Waals surface area contributed by atoms with Gasteiger partial charge < -0.3 is 0 Å². The number of unbranched alkanes of at least 4 members (excludes halogenated alkanes) is 1. The Labute approximate surface area is 137 Å². The number of ketones is 1. The lowest BCUT2D eigenvalue weighted by molar-refractivity contribution is 0.0976. The lowest BCUT2D eigenvalue weighted by Gasteiger charge is -2.12. The maximum absolute atomic E-state index is 12.6. The summed E-state index contributed by atoms with van der Waals surface area (Å²) < 4.78 is 27.8. The number of sulfonamides is 1. The SMILES string of the molecule is CCCCC(=O)c1ccccc1S(=O)(=O)Nc1ccc(C)cc1. The highest BCUT2D eigenvalue weighted by atomic mass is 32.2. The predicted octanol–water partition coefficient (Wildman–Crippen LogP) is 4.17. The zero-order valence-corrected chi connectivity index (χ0v) is 14.2. The maximum Gasteiger partial charge on any atom is 0.262 e. The molecule has 2 aromatic carbocycles. The third-order valence-electron chi connectivity index (χ3n) is 3.54. The van der Waals surface area contributed by atoms with Gasteiger partial charge in [0.1, 0.15) is 0 Å². The minimum absolute atomic E-state index is 0.0293. The Morgan fingerprint density at radius 3 is 2.35 bits per heavy atom. The van der Waals surface area contributed by atoms with Gasteiger partial charge >= 0.3 is 0 Å². The molecule has 0 aliphatic heterocycles. The highest BCUT2D eigenvalue weighted by Crippen LogP contribution is 2.21. The van der Waals surface area contributed by atoms with Crippen molar-refractivity contribution in [2.24, 2.45) is 0 Å². The Bertz CT molecular complexity index is 780. The lowest BCUT2D eigenvalue weighted by Crippen LogP contribution is -2.17. The second-order valence-corrected chi connectivity index (χ2v) is 7.15. The number of nitrogens with one attached hydrogen (secondary N) is 1.